The Morgan fingerprint density at radius 1 is 1.20 bits per heavy atom. The van der Waals surface area contributed by atoms with Crippen molar-refractivity contribution < 1.29 is 14.2 Å². The summed E-state index contributed by atoms with van der Waals surface area (Å²) in [5, 5.41) is 14.8. The van der Waals surface area contributed by atoms with E-state index in [1.165, 1.54) is 18.2 Å². The van der Waals surface area contributed by atoms with Gasteiger partial charge in [-0.2, -0.15) is 4.98 Å². The molecule has 1 unspecified atom stereocenters. The monoisotopic (exact) mass is 404 g/mol. The molecule has 0 spiro atoms. The Balaban J connectivity index is 1.47. The molecular weight excluding hydrogens is 384 g/mol. The number of likely N-dealkylation sites (tertiary alicyclic amines) is 1. The number of nitrogens with zero attached hydrogens (tertiary/aromatic N) is 4. The number of amides is 1. The Kier molecular flexibility index (Phi) is 5.38. The minimum atomic E-state index is -0.456. The number of hydrogen-bond acceptors (Lipinski definition) is 6. The van der Waals surface area contributed by atoms with Gasteiger partial charge in [0.05, 0.1) is 4.92 Å². The van der Waals surface area contributed by atoms with Crippen molar-refractivity contribution in [1.29, 1.82) is 0 Å². The van der Waals surface area contributed by atoms with Gasteiger partial charge in [0.2, 0.25) is 17.6 Å². The second-order valence-corrected chi connectivity index (χ2v) is 7.19. The summed E-state index contributed by atoms with van der Waals surface area (Å²) in [6.45, 7) is 2.62. The Morgan fingerprint density at radius 2 is 1.93 bits per heavy atom. The molecule has 30 heavy (non-hydrogen) atoms. The molecule has 0 radical (unpaired) electrons. The molecule has 8 nitrogen and oxygen atoms in total. The van der Waals surface area contributed by atoms with E-state index in [2.05, 4.69) is 10.1 Å². The van der Waals surface area contributed by atoms with Crippen molar-refractivity contribution in [1.82, 2.24) is 15.0 Å². The summed E-state index contributed by atoms with van der Waals surface area (Å²) in [5.41, 5.74) is 2.74. The van der Waals surface area contributed by atoms with E-state index >= 15 is 0 Å². The van der Waals surface area contributed by atoms with Gasteiger partial charge in [0, 0.05) is 30.3 Å². The molecule has 1 aliphatic rings. The zero-order valence-corrected chi connectivity index (χ0v) is 16.4. The molecule has 0 saturated carbocycles. The fourth-order valence-corrected chi connectivity index (χ4v) is 3.45. The fourth-order valence-electron chi connectivity index (χ4n) is 3.45. The summed E-state index contributed by atoms with van der Waals surface area (Å²) in [6.07, 6.45) is 4.72. The highest BCUT2D eigenvalue weighted by Crippen LogP contribution is 2.32. The highest BCUT2D eigenvalue weighted by molar-refractivity contribution is 5.92. The molecule has 2 heterocycles. The van der Waals surface area contributed by atoms with Crippen LogP contribution in [0.3, 0.4) is 0 Å². The van der Waals surface area contributed by atoms with Crippen molar-refractivity contribution in [3.05, 3.63) is 81.7 Å². The molecule has 0 bridgehead atoms. The molecule has 2 aromatic carbocycles. The molecule has 1 saturated heterocycles. The van der Waals surface area contributed by atoms with Crippen molar-refractivity contribution in [2.75, 3.05) is 6.54 Å². The second-order valence-electron chi connectivity index (χ2n) is 7.19. The first kappa shape index (κ1) is 19.5. The average molecular weight is 404 g/mol. The number of benzene rings is 2. The Labute approximate surface area is 173 Å². The van der Waals surface area contributed by atoms with Crippen LogP contribution in [0.4, 0.5) is 5.69 Å². The van der Waals surface area contributed by atoms with Crippen LogP contribution in [0.25, 0.3) is 17.5 Å². The van der Waals surface area contributed by atoms with Crippen molar-refractivity contribution in [3.63, 3.8) is 0 Å². The van der Waals surface area contributed by atoms with E-state index in [4.69, 9.17) is 4.52 Å². The van der Waals surface area contributed by atoms with Crippen LogP contribution < -0.4 is 0 Å². The summed E-state index contributed by atoms with van der Waals surface area (Å²) >= 11 is 0. The van der Waals surface area contributed by atoms with Gasteiger partial charge in [-0.15, -0.1) is 0 Å². The maximum atomic E-state index is 12.7. The first-order valence-corrected chi connectivity index (χ1v) is 9.65. The zero-order chi connectivity index (χ0) is 21.1. The highest BCUT2D eigenvalue weighted by atomic mass is 16.6. The molecule has 152 valence electrons. The van der Waals surface area contributed by atoms with Crippen LogP contribution in [-0.2, 0) is 4.79 Å². The summed E-state index contributed by atoms with van der Waals surface area (Å²) < 4.78 is 5.47. The smallest absolute Gasteiger partial charge is 0.269 e. The van der Waals surface area contributed by atoms with E-state index in [0.717, 1.165) is 24.0 Å². The molecule has 0 N–H and O–H groups in total. The number of carbonyl (C=O) groups is 1. The van der Waals surface area contributed by atoms with E-state index in [-0.39, 0.29) is 17.6 Å². The molecule has 3 aromatic rings. The Hall–Kier alpha value is -3.81. The number of nitro groups is 1. The lowest BCUT2D eigenvalue weighted by Crippen LogP contribution is -2.29. The number of rotatable bonds is 5. The van der Waals surface area contributed by atoms with Gasteiger partial charge >= 0.3 is 0 Å². The van der Waals surface area contributed by atoms with Gasteiger partial charge in [-0.25, -0.2) is 0 Å². The standard InChI is InChI=1S/C22H20N4O4/c1-15-4-9-17(10-5-15)21-23-22(30-24-21)19-3-2-14-25(19)20(27)13-8-16-6-11-18(12-7-16)26(28)29/h4-13,19H,2-3,14H2,1H3/b13-8+. The maximum Gasteiger partial charge on any atom is 0.269 e. The highest BCUT2D eigenvalue weighted by Gasteiger charge is 2.33. The lowest BCUT2D eigenvalue weighted by Gasteiger charge is -2.20. The van der Waals surface area contributed by atoms with Gasteiger partial charge in [0.1, 0.15) is 6.04 Å². The average Bonchev–Trinajstić information content (AvgIpc) is 3.42. The first-order chi connectivity index (χ1) is 14.5. The Bertz CT molecular complexity index is 1090. The molecule has 1 aromatic heterocycles. The van der Waals surface area contributed by atoms with Crippen LogP contribution >= 0.6 is 0 Å². The van der Waals surface area contributed by atoms with Gasteiger partial charge in [-0.05, 0) is 43.5 Å². The number of carbonyl (C=O) groups excluding carboxylic acids is 1. The lowest BCUT2D eigenvalue weighted by molar-refractivity contribution is -0.384. The van der Waals surface area contributed by atoms with Crippen molar-refractivity contribution in [2.24, 2.45) is 0 Å². The van der Waals surface area contributed by atoms with Crippen LogP contribution in [0.2, 0.25) is 0 Å². The van der Waals surface area contributed by atoms with Crippen LogP contribution in [-0.4, -0.2) is 32.4 Å². The quantitative estimate of drug-likeness (QED) is 0.356. The minimum Gasteiger partial charge on any atom is -0.337 e. The summed E-state index contributed by atoms with van der Waals surface area (Å²) in [4.78, 5) is 29.2. The van der Waals surface area contributed by atoms with E-state index in [1.807, 2.05) is 31.2 Å². The molecule has 0 aliphatic carbocycles. The number of non-ortho nitro benzene ring substituents is 1. The maximum absolute atomic E-state index is 12.7. The minimum absolute atomic E-state index is 0.0128. The van der Waals surface area contributed by atoms with Crippen LogP contribution in [0.15, 0.2) is 59.1 Å². The Morgan fingerprint density at radius 3 is 2.63 bits per heavy atom. The number of nitro benzene ring substituents is 1. The number of hydrogen-bond donors (Lipinski definition) is 0. The fraction of sp³-hybridized carbons (Fsp3) is 0.227. The second kappa shape index (κ2) is 8.28. The molecular formula is C22H20N4O4. The normalized spacial score (nSPS) is 16.3. The molecule has 1 fully saturated rings. The van der Waals surface area contributed by atoms with Crippen LogP contribution in [0.5, 0.6) is 0 Å². The topological polar surface area (TPSA) is 102 Å². The van der Waals surface area contributed by atoms with E-state index in [0.29, 0.717) is 23.8 Å². The predicted molar refractivity (Wildman–Crippen MR) is 110 cm³/mol. The third-order valence-corrected chi connectivity index (χ3v) is 5.09. The van der Waals surface area contributed by atoms with Gasteiger partial charge in [0.15, 0.2) is 0 Å². The summed E-state index contributed by atoms with van der Waals surface area (Å²) in [7, 11) is 0. The molecule has 1 amide bonds. The number of aryl methyl sites for hydroxylation is 1. The third-order valence-electron chi connectivity index (χ3n) is 5.09. The number of aromatic nitrogens is 2. The molecule has 4 rings (SSSR count). The van der Waals surface area contributed by atoms with Crippen molar-refractivity contribution >= 4 is 17.7 Å². The van der Waals surface area contributed by atoms with E-state index < -0.39 is 4.92 Å². The van der Waals surface area contributed by atoms with Crippen molar-refractivity contribution in [3.8, 4) is 11.4 Å². The van der Waals surface area contributed by atoms with Gasteiger partial charge in [-0.1, -0.05) is 35.0 Å². The first-order valence-electron chi connectivity index (χ1n) is 9.65. The van der Waals surface area contributed by atoms with Gasteiger partial charge in [-0.3, -0.25) is 14.9 Å². The van der Waals surface area contributed by atoms with Gasteiger partial charge < -0.3 is 9.42 Å². The van der Waals surface area contributed by atoms with E-state index in [9.17, 15) is 14.9 Å². The van der Waals surface area contributed by atoms with Crippen molar-refractivity contribution in [2.45, 2.75) is 25.8 Å². The molecule has 1 aliphatic heterocycles. The summed E-state index contributed by atoms with van der Waals surface area (Å²) in [6, 6.07) is 13.6. The third kappa shape index (κ3) is 4.12. The molecule has 8 heteroatoms. The molecule has 1 atom stereocenters. The largest absolute Gasteiger partial charge is 0.337 e. The van der Waals surface area contributed by atoms with Crippen LogP contribution in [0, 0.1) is 17.0 Å². The SMILES string of the molecule is Cc1ccc(-c2noc(C3CCCN3C(=O)/C=C/c3ccc([N+](=O)[O-])cc3)n2)cc1. The zero-order valence-electron chi connectivity index (χ0n) is 16.4. The van der Waals surface area contributed by atoms with Crippen LogP contribution in [0.1, 0.15) is 35.9 Å². The predicted octanol–water partition coefficient (Wildman–Crippen LogP) is 4.33. The summed E-state index contributed by atoms with van der Waals surface area (Å²) in [5.74, 6) is 0.775. The van der Waals surface area contributed by atoms with E-state index in [1.54, 1.807) is 23.1 Å². The van der Waals surface area contributed by atoms with Gasteiger partial charge in [0.25, 0.3) is 5.69 Å². The lowest BCUT2D eigenvalue weighted by atomic mass is 10.1.